The van der Waals surface area contributed by atoms with E-state index in [1.165, 1.54) is 21.3 Å². The summed E-state index contributed by atoms with van der Waals surface area (Å²) in [4.78, 5) is 42.0. The Morgan fingerprint density at radius 1 is 0.897 bits per heavy atom. The Hall–Kier alpha value is -5.05. The molecule has 0 amide bonds. The smallest absolute Gasteiger partial charge is 0.312 e. The molecule has 39 heavy (non-hydrogen) atoms. The molecule has 1 N–H and O–H groups in total. The Balaban J connectivity index is 1.47. The number of fused-ring (bicyclic) bond motifs is 4. The largest absolute Gasteiger partial charge is 0.493 e. The van der Waals surface area contributed by atoms with E-state index in [1.54, 1.807) is 36.4 Å². The van der Waals surface area contributed by atoms with E-state index in [2.05, 4.69) is 4.98 Å². The summed E-state index contributed by atoms with van der Waals surface area (Å²) in [5, 5.41) is 0.820. The third-order valence-electron chi connectivity index (χ3n) is 6.92. The van der Waals surface area contributed by atoms with Crippen LogP contribution in [0.4, 0.5) is 0 Å². The fourth-order valence-corrected chi connectivity index (χ4v) is 5.13. The molecule has 196 valence electrons. The Kier molecular flexibility index (Phi) is 5.83. The lowest BCUT2D eigenvalue weighted by Crippen LogP contribution is -2.26. The second-order valence-corrected chi connectivity index (χ2v) is 9.12. The molecule has 3 heterocycles. The number of methoxy groups -OCH3 is 3. The third-order valence-corrected chi connectivity index (χ3v) is 6.92. The van der Waals surface area contributed by atoms with Crippen LogP contribution in [0.1, 0.15) is 39.4 Å². The molecule has 1 aromatic heterocycles. The summed E-state index contributed by atoms with van der Waals surface area (Å²) in [6, 6.07) is 15.7. The number of hydrogen-bond acceptors (Lipinski definition) is 8. The minimum absolute atomic E-state index is 0.0655. The molecule has 0 radical (unpaired) electrons. The Morgan fingerprint density at radius 3 is 2.36 bits per heavy atom. The highest BCUT2D eigenvalue weighted by molar-refractivity contribution is 6.15. The van der Waals surface area contributed by atoms with Gasteiger partial charge in [-0.15, -0.1) is 0 Å². The van der Waals surface area contributed by atoms with Crippen molar-refractivity contribution < 1.29 is 33.3 Å². The molecule has 2 aliphatic rings. The molecule has 0 fully saturated rings. The maximum Gasteiger partial charge on any atom is 0.312 e. The lowest BCUT2D eigenvalue weighted by Gasteiger charge is -2.26. The molecule has 0 bridgehead atoms. The number of rotatable bonds is 5. The van der Waals surface area contributed by atoms with Gasteiger partial charge in [0.2, 0.25) is 11.5 Å². The van der Waals surface area contributed by atoms with Gasteiger partial charge in [-0.3, -0.25) is 14.4 Å². The zero-order valence-corrected chi connectivity index (χ0v) is 21.3. The van der Waals surface area contributed by atoms with Crippen LogP contribution in [0.2, 0.25) is 0 Å². The molecular weight excluding hydrogens is 502 g/mol. The van der Waals surface area contributed by atoms with Gasteiger partial charge < -0.3 is 28.7 Å². The lowest BCUT2D eigenvalue weighted by atomic mass is 9.85. The second kappa shape index (κ2) is 9.36. The molecule has 9 nitrogen and oxygen atoms in total. The van der Waals surface area contributed by atoms with E-state index in [4.69, 9.17) is 23.7 Å². The van der Waals surface area contributed by atoms with Crippen LogP contribution in [0.3, 0.4) is 0 Å². The Morgan fingerprint density at radius 2 is 1.64 bits per heavy atom. The zero-order valence-electron chi connectivity index (χ0n) is 21.3. The predicted molar refractivity (Wildman–Crippen MR) is 142 cm³/mol. The fraction of sp³-hybridized carbons (Fsp3) is 0.167. The van der Waals surface area contributed by atoms with E-state index in [0.29, 0.717) is 45.0 Å². The van der Waals surface area contributed by atoms with Crippen LogP contribution in [0.15, 0.2) is 65.2 Å². The number of carbonyl (C=O) groups excluding carboxylic acids is 2. The molecule has 0 saturated carbocycles. The van der Waals surface area contributed by atoms with Crippen LogP contribution < -0.4 is 29.2 Å². The number of hydrogen-bond donors (Lipinski definition) is 1. The van der Waals surface area contributed by atoms with Crippen molar-refractivity contribution in [1.82, 2.24) is 4.98 Å². The van der Waals surface area contributed by atoms with Gasteiger partial charge in [0.05, 0.1) is 33.3 Å². The monoisotopic (exact) mass is 525 g/mol. The molecule has 4 aromatic rings. The number of ether oxygens (including phenoxy) is 5. The van der Waals surface area contributed by atoms with E-state index >= 15 is 0 Å². The highest BCUT2D eigenvalue weighted by Gasteiger charge is 2.39. The van der Waals surface area contributed by atoms with E-state index in [1.807, 2.05) is 24.3 Å². The summed E-state index contributed by atoms with van der Waals surface area (Å²) in [6.45, 7) is 0. The summed E-state index contributed by atoms with van der Waals surface area (Å²) in [6.07, 6.45) is 1.50. The van der Waals surface area contributed by atoms with Gasteiger partial charge in [-0.05, 0) is 53.4 Å². The highest BCUT2D eigenvalue weighted by atomic mass is 16.5. The lowest BCUT2D eigenvalue weighted by molar-refractivity contribution is -0.135. The van der Waals surface area contributed by atoms with E-state index in [9.17, 15) is 14.4 Å². The van der Waals surface area contributed by atoms with Gasteiger partial charge in [-0.25, -0.2) is 0 Å². The number of pyridine rings is 1. The van der Waals surface area contributed by atoms with Crippen LogP contribution in [0.25, 0.3) is 17.0 Å². The van der Waals surface area contributed by atoms with Gasteiger partial charge in [-0.1, -0.05) is 18.2 Å². The number of ketones is 1. The molecule has 0 aliphatic carbocycles. The molecule has 1 atom stereocenters. The molecule has 2 aliphatic heterocycles. The summed E-state index contributed by atoms with van der Waals surface area (Å²) < 4.78 is 27.9. The van der Waals surface area contributed by atoms with Crippen molar-refractivity contribution in [2.75, 3.05) is 21.3 Å². The van der Waals surface area contributed by atoms with Crippen LogP contribution in [-0.4, -0.2) is 38.1 Å². The Labute approximate surface area is 222 Å². The summed E-state index contributed by atoms with van der Waals surface area (Å²) >= 11 is 0. The van der Waals surface area contributed by atoms with Crippen LogP contribution in [-0.2, 0) is 4.79 Å². The van der Waals surface area contributed by atoms with Crippen molar-refractivity contribution in [2.45, 2.75) is 12.3 Å². The standard InChI is InChI=1S/C30H23NO8/c1-35-23-11-15(12-24(36-2)29(23)37-3)10-22-27(33)17-8-9-21-26(28(17)39-22)18(14-25(32)38-21)19-13-16-6-4-5-7-20(16)31-30(19)34/h4-13,18H,14H2,1-3H3,(H,31,34)/b22-10-. The van der Waals surface area contributed by atoms with Gasteiger partial charge in [0, 0.05) is 22.6 Å². The van der Waals surface area contributed by atoms with Gasteiger partial charge in [0.1, 0.15) is 11.5 Å². The van der Waals surface area contributed by atoms with Crippen molar-refractivity contribution in [3.05, 3.63) is 93.0 Å². The number of nitrogens with one attached hydrogen (secondary N) is 1. The summed E-state index contributed by atoms with van der Waals surface area (Å²) in [7, 11) is 4.51. The maximum atomic E-state index is 13.4. The molecular formula is C30H23NO8. The molecule has 6 rings (SSSR count). The summed E-state index contributed by atoms with van der Waals surface area (Å²) in [5.74, 6) is 0.364. The van der Waals surface area contributed by atoms with Gasteiger partial charge in [0.15, 0.2) is 17.3 Å². The first kappa shape index (κ1) is 24.3. The molecule has 9 heteroatoms. The number of benzene rings is 3. The van der Waals surface area contributed by atoms with Gasteiger partial charge in [-0.2, -0.15) is 0 Å². The van der Waals surface area contributed by atoms with Crippen LogP contribution in [0.5, 0.6) is 28.7 Å². The van der Waals surface area contributed by atoms with Crippen molar-refractivity contribution in [3.8, 4) is 28.7 Å². The number of aromatic nitrogens is 1. The van der Waals surface area contributed by atoms with E-state index < -0.39 is 11.9 Å². The average Bonchev–Trinajstić information content (AvgIpc) is 3.26. The van der Waals surface area contributed by atoms with Gasteiger partial charge in [0.25, 0.3) is 5.56 Å². The van der Waals surface area contributed by atoms with Crippen molar-refractivity contribution in [2.24, 2.45) is 0 Å². The number of Topliss-reactive ketones (excluding diaryl/α,β-unsaturated/α-hetero) is 1. The number of allylic oxidation sites excluding steroid dienone is 1. The quantitative estimate of drug-likeness (QED) is 0.228. The average molecular weight is 526 g/mol. The molecule has 0 spiro atoms. The van der Waals surface area contributed by atoms with Crippen LogP contribution >= 0.6 is 0 Å². The SMILES string of the molecule is COc1cc(/C=C2\Oc3c(ccc4c3C(c3cc5ccccc5[nH]c3=O)CC(=O)O4)C2=O)cc(OC)c1OC. The first-order valence-corrected chi connectivity index (χ1v) is 12.2. The number of H-pyrrole nitrogens is 1. The first-order chi connectivity index (χ1) is 18.9. The molecule has 3 aromatic carbocycles. The Bertz CT molecular complexity index is 1740. The minimum Gasteiger partial charge on any atom is -0.493 e. The second-order valence-electron chi connectivity index (χ2n) is 9.12. The minimum atomic E-state index is -0.669. The van der Waals surface area contributed by atoms with Crippen molar-refractivity contribution in [3.63, 3.8) is 0 Å². The molecule has 1 unspecified atom stereocenters. The predicted octanol–water partition coefficient (Wildman–Crippen LogP) is 4.61. The van der Waals surface area contributed by atoms with Crippen molar-refractivity contribution in [1.29, 1.82) is 0 Å². The van der Waals surface area contributed by atoms with Crippen LogP contribution in [0, 0.1) is 0 Å². The number of esters is 1. The number of aromatic amines is 1. The first-order valence-electron chi connectivity index (χ1n) is 12.2. The molecule has 0 saturated heterocycles. The highest BCUT2D eigenvalue weighted by Crippen LogP contribution is 2.49. The fourth-order valence-electron chi connectivity index (χ4n) is 5.13. The van der Waals surface area contributed by atoms with Gasteiger partial charge >= 0.3 is 5.97 Å². The number of para-hydroxylation sites is 1. The zero-order chi connectivity index (χ0) is 27.3. The normalized spacial score (nSPS) is 16.9. The number of carbonyl (C=O) groups is 2. The third kappa shape index (κ3) is 3.99. The van der Waals surface area contributed by atoms with E-state index in [0.717, 1.165) is 5.39 Å². The maximum absolute atomic E-state index is 13.4. The van der Waals surface area contributed by atoms with Crippen molar-refractivity contribution >= 4 is 28.7 Å². The van der Waals surface area contributed by atoms with E-state index in [-0.39, 0.29) is 35.0 Å². The summed E-state index contributed by atoms with van der Waals surface area (Å²) in [5.41, 5.74) is 2.13. The topological polar surface area (TPSA) is 113 Å².